The van der Waals surface area contributed by atoms with Crippen LogP contribution in [0.4, 0.5) is 9.80 Å². The van der Waals surface area contributed by atoms with E-state index in [9.17, 15) is 19.5 Å². The Morgan fingerprint density at radius 1 is 1.09 bits per heavy atom. The molecule has 2 aromatic carbocycles. The smallest absolute Gasteiger partial charge is 0.407 e. The number of alkyl carbamates (subject to hydrolysis) is 1. The highest BCUT2D eigenvalue weighted by atomic mass is 32.1. The van der Waals surface area contributed by atoms with Gasteiger partial charge in [-0.25, -0.2) is 9.59 Å². The van der Waals surface area contributed by atoms with Crippen molar-refractivity contribution in [2.45, 2.75) is 18.9 Å². The third-order valence-electron chi connectivity index (χ3n) is 5.81. The van der Waals surface area contributed by atoms with E-state index in [0.717, 1.165) is 33.8 Å². The molecule has 0 spiro atoms. The number of ether oxygens (including phenoxy) is 1. The second-order valence-electron chi connectivity index (χ2n) is 8.55. The average molecular weight is 495 g/mol. The second kappa shape index (κ2) is 10.2. The average Bonchev–Trinajstić information content (AvgIpc) is 3.34. The van der Waals surface area contributed by atoms with Gasteiger partial charge in [0, 0.05) is 12.5 Å². The molecule has 0 saturated heterocycles. The SMILES string of the molecule is Cc1nsc(NC(=O)C(CN(C)C)NC(=O)OCC2c3ccccc3-c3ccccc32)c1C(=O)O. The normalized spacial score (nSPS) is 13.1. The molecule has 0 radical (unpaired) electrons. The van der Waals surface area contributed by atoms with Gasteiger partial charge in [0.25, 0.3) is 0 Å². The van der Waals surface area contributed by atoms with Crippen molar-refractivity contribution in [1.82, 2.24) is 14.6 Å². The van der Waals surface area contributed by atoms with Crippen molar-refractivity contribution in [3.8, 4) is 11.1 Å². The van der Waals surface area contributed by atoms with Crippen molar-refractivity contribution in [1.29, 1.82) is 0 Å². The Bertz CT molecular complexity index is 1230. The van der Waals surface area contributed by atoms with Crippen LogP contribution in [0, 0.1) is 6.92 Å². The molecule has 0 bridgehead atoms. The van der Waals surface area contributed by atoms with Gasteiger partial charge < -0.3 is 25.4 Å². The fourth-order valence-electron chi connectivity index (χ4n) is 4.25. The van der Waals surface area contributed by atoms with Gasteiger partial charge in [-0.15, -0.1) is 0 Å². The Hall–Kier alpha value is -3.76. The number of carbonyl (C=O) groups excluding carboxylic acids is 2. The summed E-state index contributed by atoms with van der Waals surface area (Å²) in [5.41, 5.74) is 4.67. The molecule has 1 heterocycles. The number of nitrogens with zero attached hydrogens (tertiary/aromatic N) is 2. The highest BCUT2D eigenvalue weighted by molar-refractivity contribution is 7.11. The van der Waals surface area contributed by atoms with Gasteiger partial charge in [-0.2, -0.15) is 4.37 Å². The summed E-state index contributed by atoms with van der Waals surface area (Å²) in [4.78, 5) is 38.9. The highest BCUT2D eigenvalue weighted by Gasteiger charge is 2.30. The van der Waals surface area contributed by atoms with Crippen LogP contribution >= 0.6 is 11.5 Å². The number of carboxylic acids is 1. The number of likely N-dealkylation sites (N-methyl/N-ethyl adjacent to an activating group) is 1. The van der Waals surface area contributed by atoms with Crippen molar-refractivity contribution in [2.75, 3.05) is 32.6 Å². The first-order valence-corrected chi connectivity index (χ1v) is 11.8. The molecule has 10 heteroatoms. The zero-order chi connectivity index (χ0) is 25.1. The van der Waals surface area contributed by atoms with Crippen LogP contribution in [0.15, 0.2) is 48.5 Å². The number of carbonyl (C=O) groups is 3. The van der Waals surface area contributed by atoms with Crippen LogP contribution in [-0.4, -0.2) is 65.6 Å². The predicted molar refractivity (Wildman–Crippen MR) is 133 cm³/mol. The Balaban J connectivity index is 1.44. The molecule has 4 rings (SSSR count). The Labute approximate surface area is 206 Å². The minimum absolute atomic E-state index is 0.0620. The fraction of sp³-hybridized carbons (Fsp3) is 0.280. The molecule has 1 aliphatic carbocycles. The molecule has 182 valence electrons. The van der Waals surface area contributed by atoms with Crippen LogP contribution in [0.5, 0.6) is 0 Å². The molecule has 3 N–H and O–H groups in total. The summed E-state index contributed by atoms with van der Waals surface area (Å²) in [7, 11) is 3.53. The molecule has 3 aromatic rings. The second-order valence-corrected chi connectivity index (χ2v) is 9.32. The summed E-state index contributed by atoms with van der Waals surface area (Å²) >= 11 is 0.882. The summed E-state index contributed by atoms with van der Waals surface area (Å²) in [5.74, 6) is -1.84. The largest absolute Gasteiger partial charge is 0.478 e. The van der Waals surface area contributed by atoms with E-state index in [1.165, 1.54) is 0 Å². The lowest BCUT2D eigenvalue weighted by atomic mass is 9.98. The van der Waals surface area contributed by atoms with Crippen molar-refractivity contribution in [2.24, 2.45) is 0 Å². The zero-order valence-corrected chi connectivity index (χ0v) is 20.4. The first-order valence-electron chi connectivity index (χ1n) is 11.0. The Morgan fingerprint density at radius 2 is 1.69 bits per heavy atom. The van der Waals surface area contributed by atoms with Crippen LogP contribution in [0.2, 0.25) is 0 Å². The summed E-state index contributed by atoms with van der Waals surface area (Å²) in [5, 5.41) is 14.7. The monoisotopic (exact) mass is 494 g/mol. The number of hydrogen-bond donors (Lipinski definition) is 3. The molecule has 1 aliphatic rings. The first-order chi connectivity index (χ1) is 16.8. The highest BCUT2D eigenvalue weighted by Crippen LogP contribution is 2.44. The quantitative estimate of drug-likeness (QED) is 0.438. The molecule has 0 saturated carbocycles. The summed E-state index contributed by atoms with van der Waals surface area (Å²) in [6, 6.07) is 15.1. The topological polar surface area (TPSA) is 121 Å². The number of benzene rings is 2. The molecule has 1 aromatic heterocycles. The molecular formula is C25H26N4O5S. The van der Waals surface area contributed by atoms with E-state index in [2.05, 4.69) is 27.1 Å². The van der Waals surface area contributed by atoms with E-state index in [4.69, 9.17) is 4.74 Å². The maximum atomic E-state index is 12.9. The molecule has 35 heavy (non-hydrogen) atoms. The number of nitrogens with one attached hydrogen (secondary N) is 2. The number of aryl methyl sites for hydroxylation is 1. The minimum Gasteiger partial charge on any atom is -0.478 e. The number of aromatic carboxylic acids is 1. The summed E-state index contributed by atoms with van der Waals surface area (Å²) in [6.07, 6.45) is -0.729. The first kappa shape index (κ1) is 24.4. The predicted octanol–water partition coefficient (Wildman–Crippen LogP) is 3.56. The summed E-state index contributed by atoms with van der Waals surface area (Å²) < 4.78 is 9.57. The van der Waals surface area contributed by atoms with E-state index in [0.29, 0.717) is 5.69 Å². The number of hydrogen-bond acceptors (Lipinski definition) is 7. The van der Waals surface area contributed by atoms with E-state index in [-0.39, 0.29) is 29.6 Å². The van der Waals surface area contributed by atoms with Gasteiger partial charge in [-0.3, -0.25) is 4.79 Å². The third-order valence-corrected chi connectivity index (χ3v) is 6.67. The number of carboxylic acid groups (broad SMARTS) is 1. The van der Waals surface area contributed by atoms with Gasteiger partial charge in [0.2, 0.25) is 5.91 Å². The number of fused-ring (bicyclic) bond motifs is 3. The van der Waals surface area contributed by atoms with Gasteiger partial charge >= 0.3 is 12.1 Å². The van der Waals surface area contributed by atoms with Crippen LogP contribution in [0.3, 0.4) is 0 Å². The van der Waals surface area contributed by atoms with Crippen LogP contribution < -0.4 is 10.6 Å². The number of aromatic nitrogens is 1. The lowest BCUT2D eigenvalue weighted by Gasteiger charge is -2.22. The third kappa shape index (κ3) is 5.18. The van der Waals surface area contributed by atoms with E-state index >= 15 is 0 Å². The van der Waals surface area contributed by atoms with Crippen molar-refractivity contribution in [3.63, 3.8) is 0 Å². The van der Waals surface area contributed by atoms with E-state index < -0.39 is 24.0 Å². The lowest BCUT2D eigenvalue weighted by Crippen LogP contribution is -2.49. The Morgan fingerprint density at radius 3 is 2.26 bits per heavy atom. The molecule has 0 aliphatic heterocycles. The standard InChI is InChI=1S/C25H26N4O5S/c1-14-21(24(31)32)23(35-28-14)27-22(30)20(12-29(2)3)26-25(33)34-13-19-17-10-6-4-8-15(17)16-9-5-7-11-18(16)19/h4-11,19-20H,12-13H2,1-3H3,(H,26,33)(H,27,30)(H,31,32). The van der Waals surface area contributed by atoms with Crippen molar-refractivity contribution >= 4 is 34.5 Å². The van der Waals surface area contributed by atoms with Crippen molar-refractivity contribution < 1.29 is 24.2 Å². The lowest BCUT2D eigenvalue weighted by molar-refractivity contribution is -0.118. The van der Waals surface area contributed by atoms with Crippen LogP contribution in [0.25, 0.3) is 11.1 Å². The van der Waals surface area contributed by atoms with Crippen LogP contribution in [0.1, 0.15) is 33.1 Å². The molecule has 1 unspecified atom stereocenters. The fourth-order valence-corrected chi connectivity index (χ4v) is 5.04. The number of amides is 2. The maximum absolute atomic E-state index is 12.9. The molecule has 0 fully saturated rings. The minimum atomic E-state index is -1.18. The molecule has 9 nitrogen and oxygen atoms in total. The van der Waals surface area contributed by atoms with Gasteiger partial charge in [-0.1, -0.05) is 48.5 Å². The van der Waals surface area contributed by atoms with Crippen molar-refractivity contribution in [3.05, 3.63) is 70.9 Å². The van der Waals surface area contributed by atoms with E-state index in [1.54, 1.807) is 25.9 Å². The molecule has 1 atom stereocenters. The van der Waals surface area contributed by atoms with Gasteiger partial charge in [0.1, 0.15) is 23.2 Å². The van der Waals surface area contributed by atoms with Crippen LogP contribution in [-0.2, 0) is 9.53 Å². The maximum Gasteiger partial charge on any atom is 0.407 e. The van der Waals surface area contributed by atoms with Gasteiger partial charge in [0.05, 0.1) is 5.69 Å². The van der Waals surface area contributed by atoms with Gasteiger partial charge in [0.15, 0.2) is 0 Å². The zero-order valence-electron chi connectivity index (χ0n) is 19.6. The Kier molecular flexibility index (Phi) is 7.13. The number of rotatable bonds is 8. The number of anilines is 1. The summed E-state index contributed by atoms with van der Waals surface area (Å²) in [6.45, 7) is 1.87. The van der Waals surface area contributed by atoms with E-state index in [1.807, 2.05) is 36.4 Å². The van der Waals surface area contributed by atoms with Gasteiger partial charge in [-0.05, 0) is 54.8 Å². The molecular weight excluding hydrogens is 468 g/mol. The molecule has 2 amide bonds.